The quantitative estimate of drug-likeness (QED) is 0.191. The van der Waals surface area contributed by atoms with Crippen LogP contribution in [-0.2, 0) is 38.1 Å². The smallest absolute Gasteiger partial charge is 0.434 e. The summed E-state index contributed by atoms with van der Waals surface area (Å²) in [5, 5.41) is 0. The van der Waals surface area contributed by atoms with Crippen LogP contribution < -0.4 is 0 Å². The zero-order valence-electron chi connectivity index (χ0n) is 20.6. The van der Waals surface area contributed by atoms with Crippen molar-refractivity contribution in [3.63, 3.8) is 0 Å². The fraction of sp³-hybridized carbons (Fsp3) is 0.818. The Labute approximate surface area is 214 Å². The SMILES string of the molecule is CCC(C)(C)C(=O)OC1C2CC3C1OC(=O)C3(C(=O)OC(C)C(F)(F)F)C2C(=O)OC(C(F)(F)F)C(F)(F)F. The van der Waals surface area contributed by atoms with Crippen molar-refractivity contribution < 1.29 is 77.6 Å². The molecule has 2 saturated carbocycles. The molecule has 39 heavy (non-hydrogen) atoms. The Kier molecular flexibility index (Phi) is 7.44. The Morgan fingerprint density at radius 2 is 1.51 bits per heavy atom. The molecule has 7 atom stereocenters. The van der Waals surface area contributed by atoms with E-state index in [0.29, 0.717) is 6.92 Å². The van der Waals surface area contributed by atoms with Gasteiger partial charge in [-0.2, -0.15) is 39.5 Å². The molecule has 1 saturated heterocycles. The number of alkyl halides is 9. The number of ether oxygens (including phenoxy) is 4. The van der Waals surface area contributed by atoms with Gasteiger partial charge in [0.25, 0.3) is 6.10 Å². The largest absolute Gasteiger partial charge is 0.458 e. The van der Waals surface area contributed by atoms with E-state index in [9.17, 15) is 58.7 Å². The van der Waals surface area contributed by atoms with E-state index in [4.69, 9.17) is 9.47 Å². The number of hydrogen-bond donors (Lipinski definition) is 0. The summed E-state index contributed by atoms with van der Waals surface area (Å²) < 4.78 is 136. The molecule has 0 radical (unpaired) electrons. The number of fused-ring (bicyclic) bond motifs is 1. The average molecular weight is 586 g/mol. The van der Waals surface area contributed by atoms with Crippen molar-refractivity contribution in [3.05, 3.63) is 0 Å². The third-order valence-corrected chi connectivity index (χ3v) is 7.60. The van der Waals surface area contributed by atoms with Crippen molar-refractivity contribution in [2.24, 2.45) is 28.6 Å². The molecule has 0 aromatic rings. The normalized spacial score (nSPS) is 31.2. The molecule has 7 unspecified atom stereocenters. The third-order valence-electron chi connectivity index (χ3n) is 7.60. The molecule has 1 aliphatic heterocycles. The first-order valence-corrected chi connectivity index (χ1v) is 11.5. The van der Waals surface area contributed by atoms with Gasteiger partial charge >= 0.3 is 42.4 Å². The molecule has 0 N–H and O–H groups in total. The molecular weight excluding hydrogens is 563 g/mol. The number of carbonyl (C=O) groups is 4. The van der Waals surface area contributed by atoms with Crippen LogP contribution in [0.2, 0.25) is 0 Å². The molecule has 0 amide bonds. The molecule has 1 heterocycles. The molecule has 3 fully saturated rings. The van der Waals surface area contributed by atoms with Crippen LogP contribution in [0.5, 0.6) is 0 Å². The maximum absolute atomic E-state index is 13.1. The van der Waals surface area contributed by atoms with Crippen molar-refractivity contribution in [1.82, 2.24) is 0 Å². The van der Waals surface area contributed by atoms with Gasteiger partial charge in [0.05, 0.1) is 11.3 Å². The van der Waals surface area contributed by atoms with Crippen LogP contribution in [0, 0.1) is 28.6 Å². The van der Waals surface area contributed by atoms with Gasteiger partial charge in [-0.15, -0.1) is 0 Å². The minimum absolute atomic E-state index is 0.201. The summed E-state index contributed by atoms with van der Waals surface area (Å²) >= 11 is 0. The third kappa shape index (κ3) is 5.00. The highest BCUT2D eigenvalue weighted by atomic mass is 19.4. The van der Waals surface area contributed by atoms with Crippen LogP contribution >= 0.6 is 0 Å². The van der Waals surface area contributed by atoms with Gasteiger partial charge in [0, 0.05) is 11.8 Å². The zero-order valence-corrected chi connectivity index (χ0v) is 20.6. The van der Waals surface area contributed by atoms with E-state index >= 15 is 0 Å². The predicted octanol–water partition coefficient (Wildman–Crippen LogP) is 4.04. The van der Waals surface area contributed by atoms with Gasteiger partial charge in [0.1, 0.15) is 12.2 Å². The van der Waals surface area contributed by atoms with Crippen LogP contribution in [0.4, 0.5) is 39.5 Å². The van der Waals surface area contributed by atoms with Crippen molar-refractivity contribution in [2.75, 3.05) is 0 Å². The first kappa shape index (κ1) is 30.8. The number of carbonyl (C=O) groups excluding carboxylic acids is 4. The van der Waals surface area contributed by atoms with E-state index in [2.05, 4.69) is 9.47 Å². The lowest BCUT2D eigenvalue weighted by atomic mass is 9.66. The van der Waals surface area contributed by atoms with Crippen molar-refractivity contribution in [1.29, 1.82) is 0 Å². The van der Waals surface area contributed by atoms with Gasteiger partial charge in [-0.3, -0.25) is 19.2 Å². The Morgan fingerprint density at radius 1 is 0.974 bits per heavy atom. The molecule has 2 aliphatic carbocycles. The van der Waals surface area contributed by atoms with Crippen LogP contribution in [0.25, 0.3) is 0 Å². The number of halogens is 9. The van der Waals surface area contributed by atoms with Crippen molar-refractivity contribution in [2.45, 2.75) is 83.5 Å². The Morgan fingerprint density at radius 3 is 1.97 bits per heavy atom. The van der Waals surface area contributed by atoms with E-state index in [0.717, 1.165) is 0 Å². The minimum Gasteiger partial charge on any atom is -0.458 e. The minimum atomic E-state index is -6.18. The summed E-state index contributed by atoms with van der Waals surface area (Å²) in [4.78, 5) is 51.6. The zero-order chi connectivity index (χ0) is 30.1. The van der Waals surface area contributed by atoms with Crippen molar-refractivity contribution >= 4 is 23.9 Å². The molecule has 3 aliphatic rings. The summed E-state index contributed by atoms with van der Waals surface area (Å²) in [5.74, 6) is -12.8. The molecule has 17 heteroatoms. The molecule has 0 aromatic carbocycles. The monoisotopic (exact) mass is 586 g/mol. The Hall–Kier alpha value is -2.75. The van der Waals surface area contributed by atoms with Gasteiger partial charge in [0.15, 0.2) is 11.5 Å². The van der Waals surface area contributed by atoms with Gasteiger partial charge in [-0.1, -0.05) is 6.92 Å². The van der Waals surface area contributed by atoms with E-state index < -0.39 is 102 Å². The van der Waals surface area contributed by atoms with E-state index in [1.807, 2.05) is 0 Å². The lowest BCUT2D eigenvalue weighted by Crippen LogP contribution is -2.57. The summed E-state index contributed by atoms with van der Waals surface area (Å²) in [7, 11) is 0. The summed E-state index contributed by atoms with van der Waals surface area (Å²) in [5.41, 5.74) is -4.23. The number of rotatable bonds is 7. The summed E-state index contributed by atoms with van der Waals surface area (Å²) in [6.07, 6.45) is -28.6. The topological polar surface area (TPSA) is 105 Å². The van der Waals surface area contributed by atoms with Crippen LogP contribution in [-0.4, -0.2) is 66.8 Å². The molecule has 3 rings (SSSR count). The van der Waals surface area contributed by atoms with E-state index in [-0.39, 0.29) is 6.42 Å². The van der Waals surface area contributed by atoms with Crippen LogP contribution in [0.1, 0.15) is 40.5 Å². The second-order valence-electron chi connectivity index (χ2n) is 10.3. The predicted molar refractivity (Wildman–Crippen MR) is 105 cm³/mol. The standard InChI is InChI=1S/C22H23F9O8/c1-5-18(3,4)15(33)37-11-8-6-9-12(11)38-17(35)19(9,16(34)36-7(2)20(23,24)25)10(8)13(32)39-14(21(26,27)28)22(29,30)31/h7-12,14H,5-6H2,1-4H3. The van der Waals surface area contributed by atoms with Gasteiger partial charge < -0.3 is 18.9 Å². The average Bonchev–Trinajstić information content (AvgIpc) is 3.36. The maximum Gasteiger partial charge on any atom is 0.434 e. The second kappa shape index (κ2) is 9.42. The van der Waals surface area contributed by atoms with Gasteiger partial charge in [0.2, 0.25) is 0 Å². The first-order valence-electron chi connectivity index (χ1n) is 11.5. The lowest BCUT2D eigenvalue weighted by molar-refractivity contribution is -0.315. The summed E-state index contributed by atoms with van der Waals surface area (Å²) in [6.45, 7) is 4.82. The molecule has 2 bridgehead atoms. The molecule has 0 spiro atoms. The second-order valence-corrected chi connectivity index (χ2v) is 10.3. The molecular formula is C22H23F9O8. The number of esters is 4. The van der Waals surface area contributed by atoms with E-state index in [1.165, 1.54) is 13.8 Å². The van der Waals surface area contributed by atoms with Gasteiger partial charge in [-0.25, -0.2) is 0 Å². The van der Waals surface area contributed by atoms with Crippen LogP contribution in [0.3, 0.4) is 0 Å². The summed E-state index contributed by atoms with van der Waals surface area (Å²) in [6, 6.07) is 0. The van der Waals surface area contributed by atoms with Gasteiger partial charge in [-0.05, 0) is 33.6 Å². The highest BCUT2D eigenvalue weighted by Crippen LogP contribution is 2.66. The maximum atomic E-state index is 13.1. The van der Waals surface area contributed by atoms with E-state index in [1.54, 1.807) is 6.92 Å². The lowest BCUT2D eigenvalue weighted by Gasteiger charge is -2.38. The number of hydrogen-bond acceptors (Lipinski definition) is 8. The first-order chi connectivity index (χ1) is 17.5. The molecule has 222 valence electrons. The van der Waals surface area contributed by atoms with Crippen LogP contribution in [0.15, 0.2) is 0 Å². The Bertz CT molecular complexity index is 1020. The highest BCUT2D eigenvalue weighted by Gasteiger charge is 2.82. The molecule has 8 nitrogen and oxygen atoms in total. The fourth-order valence-electron chi connectivity index (χ4n) is 5.16. The Balaban J connectivity index is 2.08. The highest BCUT2D eigenvalue weighted by molar-refractivity contribution is 6.07. The molecule has 0 aromatic heterocycles. The fourth-order valence-corrected chi connectivity index (χ4v) is 5.16. The van der Waals surface area contributed by atoms with Crippen molar-refractivity contribution in [3.8, 4) is 0 Å².